The third-order valence-corrected chi connectivity index (χ3v) is 13.8. The van der Waals surface area contributed by atoms with Crippen LogP contribution in [0.25, 0.3) is 67.0 Å². The van der Waals surface area contributed by atoms with Crippen molar-refractivity contribution in [3.8, 4) is 67.0 Å². The molecule has 6 heteroatoms. The lowest BCUT2D eigenvalue weighted by Crippen LogP contribution is -2.23. The van der Waals surface area contributed by atoms with E-state index in [0.29, 0.717) is 0 Å². The standard InChI is InChI=1S/C68H54N6/c1-69-45-47-71(49-69)61-29-13-55(14-30-61)57-21-37-65(38-22-57)73(63-33-17-53(18-34-63)51-9-5-3-6-10-51)67-41-25-59(26-42-67)60-27-43-68(44-28-60)74(64-35-19-54(20-36-64)52-11-7-4-8-12-52)66-39-23-58(24-40-66)56-15-31-62(32-16-56)72-48-46-70(2)50-72/h3-50H,1-2H3/q+2. The lowest BCUT2D eigenvalue weighted by atomic mass is 10.0. The normalized spacial score (nSPS) is 11.1. The first kappa shape index (κ1) is 45.4. The molecule has 10 aromatic carbocycles. The molecule has 0 aliphatic carbocycles. The average Bonchev–Trinajstić information content (AvgIpc) is 4.13. The summed E-state index contributed by atoms with van der Waals surface area (Å²) in [4.78, 5) is 4.68. The highest BCUT2D eigenvalue weighted by atomic mass is 15.1. The van der Waals surface area contributed by atoms with Gasteiger partial charge in [-0.25, -0.2) is 18.3 Å². The van der Waals surface area contributed by atoms with Crippen LogP contribution in [-0.2, 0) is 14.1 Å². The maximum absolute atomic E-state index is 2.34. The Morgan fingerprint density at radius 3 is 0.649 bits per heavy atom. The topological polar surface area (TPSA) is 24.1 Å². The monoisotopic (exact) mass is 954 g/mol. The van der Waals surface area contributed by atoms with Gasteiger partial charge in [-0.05, 0) is 153 Å². The van der Waals surface area contributed by atoms with Gasteiger partial charge in [-0.3, -0.25) is 0 Å². The smallest absolute Gasteiger partial charge is 0.248 e. The number of rotatable bonds is 13. The molecule has 2 heterocycles. The number of anilines is 6. The van der Waals surface area contributed by atoms with Crippen LogP contribution >= 0.6 is 0 Å². The van der Waals surface area contributed by atoms with E-state index < -0.39 is 0 Å². The average molecular weight is 955 g/mol. The molecule has 0 fully saturated rings. The first-order valence-electron chi connectivity index (χ1n) is 25.1. The van der Waals surface area contributed by atoms with E-state index in [1.54, 1.807) is 0 Å². The van der Waals surface area contributed by atoms with Gasteiger partial charge in [-0.1, -0.05) is 158 Å². The molecule has 0 amide bonds. The van der Waals surface area contributed by atoms with Gasteiger partial charge in [-0.15, -0.1) is 0 Å². The fourth-order valence-electron chi connectivity index (χ4n) is 9.83. The predicted molar refractivity (Wildman–Crippen MR) is 304 cm³/mol. The Labute approximate surface area is 433 Å². The van der Waals surface area contributed by atoms with E-state index in [1.807, 2.05) is 35.6 Å². The van der Waals surface area contributed by atoms with Crippen molar-refractivity contribution in [1.29, 1.82) is 0 Å². The van der Waals surface area contributed by atoms with E-state index in [9.17, 15) is 0 Å². The first-order chi connectivity index (χ1) is 36.5. The van der Waals surface area contributed by atoms with E-state index >= 15 is 0 Å². The van der Waals surface area contributed by atoms with Crippen LogP contribution < -0.4 is 18.9 Å². The van der Waals surface area contributed by atoms with Crippen molar-refractivity contribution in [2.45, 2.75) is 0 Å². The minimum absolute atomic E-state index is 1.08. The van der Waals surface area contributed by atoms with Gasteiger partial charge in [0.25, 0.3) is 0 Å². The van der Waals surface area contributed by atoms with E-state index in [1.165, 1.54) is 44.5 Å². The van der Waals surface area contributed by atoms with Gasteiger partial charge in [-0.2, -0.15) is 0 Å². The predicted octanol–water partition coefficient (Wildman–Crippen LogP) is 16.2. The second-order valence-electron chi connectivity index (χ2n) is 18.8. The number of nitrogens with zero attached hydrogens (tertiary/aromatic N) is 6. The highest BCUT2D eigenvalue weighted by molar-refractivity contribution is 5.84. The SMILES string of the molecule is C[n+]1ccn(-c2ccc(-c3ccc(N(c4ccc(-c5ccccc5)cc4)c4ccc(-c5ccc(N(c6ccc(-c7ccccc7)cc6)c6ccc(-c7ccc(-n8cc[n+](C)c8)cc7)cc6)cc5)cc4)cc3)cc2)c1. The molecule has 0 saturated carbocycles. The number of benzene rings is 10. The Balaban J connectivity index is 0.834. The van der Waals surface area contributed by atoms with Crippen molar-refractivity contribution in [2.24, 2.45) is 14.1 Å². The molecule has 0 saturated heterocycles. The lowest BCUT2D eigenvalue weighted by Gasteiger charge is -2.27. The molecule has 0 unspecified atom stereocenters. The summed E-state index contributed by atoms with van der Waals surface area (Å²) in [5.74, 6) is 0. The molecule has 0 atom stereocenters. The minimum atomic E-state index is 1.08. The maximum Gasteiger partial charge on any atom is 0.248 e. The molecule has 0 aliphatic heterocycles. The molecule has 0 aliphatic rings. The van der Waals surface area contributed by atoms with Crippen molar-refractivity contribution in [3.05, 3.63) is 292 Å². The summed E-state index contributed by atoms with van der Waals surface area (Å²) >= 11 is 0. The van der Waals surface area contributed by atoms with Crippen LogP contribution in [0, 0.1) is 0 Å². The zero-order valence-corrected chi connectivity index (χ0v) is 41.4. The van der Waals surface area contributed by atoms with Gasteiger partial charge in [0.05, 0.1) is 14.1 Å². The Hall–Kier alpha value is -9.78. The molecule has 12 aromatic rings. The number of aryl methyl sites for hydroxylation is 2. The summed E-state index contributed by atoms with van der Waals surface area (Å²) in [6, 6.07) is 92.0. The van der Waals surface area contributed by atoms with Crippen LogP contribution in [0.15, 0.2) is 292 Å². The van der Waals surface area contributed by atoms with Crippen LogP contribution in [0.3, 0.4) is 0 Å². The highest BCUT2D eigenvalue weighted by Crippen LogP contribution is 2.40. The second kappa shape index (κ2) is 20.1. The molecule has 0 spiro atoms. The van der Waals surface area contributed by atoms with Crippen LogP contribution in [0.2, 0.25) is 0 Å². The lowest BCUT2D eigenvalue weighted by molar-refractivity contribution is -0.670. The molecule has 0 radical (unpaired) electrons. The first-order valence-corrected chi connectivity index (χ1v) is 25.1. The van der Waals surface area contributed by atoms with Crippen molar-refractivity contribution in [2.75, 3.05) is 9.80 Å². The zero-order chi connectivity index (χ0) is 49.8. The van der Waals surface area contributed by atoms with Crippen LogP contribution in [0.4, 0.5) is 34.1 Å². The zero-order valence-electron chi connectivity index (χ0n) is 41.4. The number of imidazole rings is 2. The summed E-state index contributed by atoms with van der Waals surface area (Å²) < 4.78 is 8.35. The molecular formula is C68H54N6+2. The Morgan fingerprint density at radius 2 is 0.446 bits per heavy atom. The van der Waals surface area contributed by atoms with Gasteiger partial charge < -0.3 is 9.80 Å². The molecule has 74 heavy (non-hydrogen) atoms. The van der Waals surface area contributed by atoms with Crippen LogP contribution in [0.5, 0.6) is 0 Å². The van der Waals surface area contributed by atoms with Crippen molar-refractivity contribution >= 4 is 34.1 Å². The van der Waals surface area contributed by atoms with Gasteiger partial charge >= 0.3 is 0 Å². The van der Waals surface area contributed by atoms with E-state index in [-0.39, 0.29) is 0 Å². The molecule has 6 nitrogen and oxygen atoms in total. The fraction of sp³-hybridized carbons (Fsp3) is 0.0294. The third kappa shape index (κ3) is 9.56. The Bertz CT molecular complexity index is 3510. The van der Waals surface area contributed by atoms with Gasteiger partial charge in [0.2, 0.25) is 12.7 Å². The second-order valence-corrected chi connectivity index (χ2v) is 18.8. The Morgan fingerprint density at radius 1 is 0.243 bits per heavy atom. The number of hydrogen-bond acceptors (Lipinski definition) is 2. The third-order valence-electron chi connectivity index (χ3n) is 13.8. The molecular weight excluding hydrogens is 901 g/mol. The van der Waals surface area contributed by atoms with E-state index in [0.717, 1.165) is 56.6 Å². The van der Waals surface area contributed by atoms with Crippen molar-refractivity contribution in [1.82, 2.24) is 9.13 Å². The number of aromatic nitrogens is 4. The summed E-state index contributed by atoms with van der Waals surface area (Å²) in [5, 5.41) is 0. The van der Waals surface area contributed by atoms with Gasteiger partial charge in [0, 0.05) is 34.1 Å². The summed E-state index contributed by atoms with van der Waals surface area (Å²) in [5.41, 5.74) is 20.5. The molecule has 2 aromatic heterocycles. The molecule has 0 bridgehead atoms. The fourth-order valence-corrected chi connectivity index (χ4v) is 9.83. The largest absolute Gasteiger partial charge is 0.311 e. The maximum atomic E-state index is 2.34. The van der Waals surface area contributed by atoms with Crippen molar-refractivity contribution in [3.63, 3.8) is 0 Å². The molecule has 12 rings (SSSR count). The summed E-state index contributed by atoms with van der Waals surface area (Å²) in [6.45, 7) is 0. The van der Waals surface area contributed by atoms with Gasteiger partial charge in [0.1, 0.15) is 36.2 Å². The minimum Gasteiger partial charge on any atom is -0.311 e. The van der Waals surface area contributed by atoms with Gasteiger partial charge in [0.15, 0.2) is 0 Å². The highest BCUT2D eigenvalue weighted by Gasteiger charge is 2.17. The van der Waals surface area contributed by atoms with E-state index in [2.05, 4.69) is 299 Å². The van der Waals surface area contributed by atoms with E-state index in [4.69, 9.17) is 0 Å². The molecule has 354 valence electrons. The summed E-state index contributed by atoms with van der Waals surface area (Å²) in [6.07, 6.45) is 12.4. The van der Waals surface area contributed by atoms with Crippen molar-refractivity contribution < 1.29 is 9.13 Å². The Kier molecular flexibility index (Phi) is 12.4. The quantitative estimate of drug-likeness (QED) is 0.108. The molecule has 0 N–H and O–H groups in total. The van der Waals surface area contributed by atoms with Crippen LogP contribution in [0.1, 0.15) is 0 Å². The van der Waals surface area contributed by atoms with Crippen LogP contribution in [-0.4, -0.2) is 9.13 Å². The summed E-state index contributed by atoms with van der Waals surface area (Å²) in [7, 11) is 4.07. The number of hydrogen-bond donors (Lipinski definition) is 0.